The lowest BCUT2D eigenvalue weighted by Gasteiger charge is -1.96. The van der Waals surface area contributed by atoms with Crippen LogP contribution in [0.25, 0.3) is 0 Å². The first kappa shape index (κ1) is 9.76. The SMILES string of the molecule is O=Cc1c(F)cccc1C#CCCl. The Morgan fingerprint density at radius 2 is 2.31 bits per heavy atom. The van der Waals surface area contributed by atoms with Crippen LogP contribution < -0.4 is 0 Å². The van der Waals surface area contributed by atoms with Gasteiger partial charge in [-0.05, 0) is 12.1 Å². The number of hydrogen-bond acceptors (Lipinski definition) is 1. The van der Waals surface area contributed by atoms with Crippen molar-refractivity contribution in [1.29, 1.82) is 0 Å². The van der Waals surface area contributed by atoms with E-state index in [0.29, 0.717) is 11.8 Å². The van der Waals surface area contributed by atoms with E-state index in [2.05, 4.69) is 11.8 Å². The number of carbonyl (C=O) groups is 1. The number of carbonyl (C=O) groups excluding carboxylic acids is 1. The largest absolute Gasteiger partial charge is 0.298 e. The zero-order valence-electron chi connectivity index (χ0n) is 6.68. The molecule has 13 heavy (non-hydrogen) atoms. The van der Waals surface area contributed by atoms with Gasteiger partial charge in [-0.15, -0.1) is 11.6 Å². The lowest BCUT2D eigenvalue weighted by Crippen LogP contribution is -1.92. The molecule has 0 aromatic heterocycles. The molecular formula is C10H6ClFO. The molecule has 1 nitrogen and oxygen atoms in total. The number of benzene rings is 1. The minimum atomic E-state index is -0.559. The lowest BCUT2D eigenvalue weighted by molar-refractivity contribution is 0.111. The van der Waals surface area contributed by atoms with Crippen molar-refractivity contribution in [1.82, 2.24) is 0 Å². The van der Waals surface area contributed by atoms with Gasteiger partial charge in [0.15, 0.2) is 6.29 Å². The fourth-order valence-corrected chi connectivity index (χ4v) is 0.961. The molecule has 0 atom stereocenters. The van der Waals surface area contributed by atoms with Gasteiger partial charge < -0.3 is 0 Å². The minimum Gasteiger partial charge on any atom is -0.298 e. The van der Waals surface area contributed by atoms with Crippen LogP contribution in [0.2, 0.25) is 0 Å². The van der Waals surface area contributed by atoms with Crippen LogP contribution in [0.5, 0.6) is 0 Å². The fraction of sp³-hybridized carbons (Fsp3) is 0.100. The van der Waals surface area contributed by atoms with Gasteiger partial charge in [0.05, 0.1) is 11.4 Å². The molecule has 0 aliphatic heterocycles. The molecule has 0 saturated carbocycles. The zero-order valence-corrected chi connectivity index (χ0v) is 7.44. The average molecular weight is 197 g/mol. The Balaban J connectivity index is 3.20. The summed E-state index contributed by atoms with van der Waals surface area (Å²) in [5.74, 6) is 4.76. The standard InChI is InChI=1S/C10H6ClFO/c11-6-2-4-8-3-1-5-10(12)9(8)7-13/h1,3,5,7H,6H2. The third-order valence-electron chi connectivity index (χ3n) is 1.46. The van der Waals surface area contributed by atoms with Crippen molar-refractivity contribution in [3.8, 4) is 11.8 Å². The van der Waals surface area contributed by atoms with Crippen molar-refractivity contribution in [3.63, 3.8) is 0 Å². The summed E-state index contributed by atoms with van der Waals surface area (Å²) in [7, 11) is 0. The fourth-order valence-electron chi connectivity index (χ4n) is 0.894. The number of hydrogen-bond donors (Lipinski definition) is 0. The maximum atomic E-state index is 12.9. The Bertz CT molecular complexity index is 376. The normalized spacial score (nSPS) is 8.77. The zero-order chi connectivity index (χ0) is 9.68. The molecule has 0 fully saturated rings. The van der Waals surface area contributed by atoms with Gasteiger partial charge >= 0.3 is 0 Å². The monoisotopic (exact) mass is 196 g/mol. The molecule has 0 aliphatic carbocycles. The third kappa shape index (κ3) is 2.30. The van der Waals surface area contributed by atoms with Crippen LogP contribution in [0.4, 0.5) is 4.39 Å². The Morgan fingerprint density at radius 3 is 2.92 bits per heavy atom. The highest BCUT2D eigenvalue weighted by Crippen LogP contribution is 2.09. The average Bonchev–Trinajstić information content (AvgIpc) is 2.15. The van der Waals surface area contributed by atoms with Crippen LogP contribution in [-0.2, 0) is 0 Å². The molecule has 0 saturated heterocycles. The van der Waals surface area contributed by atoms with Crippen molar-refractivity contribution in [2.24, 2.45) is 0 Å². The number of rotatable bonds is 1. The number of alkyl halides is 1. The van der Waals surface area contributed by atoms with Crippen LogP contribution in [0.3, 0.4) is 0 Å². The van der Waals surface area contributed by atoms with Gasteiger partial charge in [0.25, 0.3) is 0 Å². The number of aldehydes is 1. The lowest BCUT2D eigenvalue weighted by atomic mass is 10.1. The van der Waals surface area contributed by atoms with Gasteiger partial charge in [-0.3, -0.25) is 4.79 Å². The van der Waals surface area contributed by atoms with Crippen molar-refractivity contribution < 1.29 is 9.18 Å². The van der Waals surface area contributed by atoms with Gasteiger partial charge in [0, 0.05) is 5.56 Å². The summed E-state index contributed by atoms with van der Waals surface area (Å²) in [6.07, 6.45) is 0.452. The van der Waals surface area contributed by atoms with E-state index in [1.807, 2.05) is 0 Å². The Labute approximate surface area is 80.5 Å². The van der Waals surface area contributed by atoms with Crippen LogP contribution in [0, 0.1) is 17.7 Å². The first-order valence-electron chi connectivity index (χ1n) is 3.58. The topological polar surface area (TPSA) is 17.1 Å². The highest BCUT2D eigenvalue weighted by molar-refractivity contribution is 6.19. The molecule has 0 radical (unpaired) electrons. The van der Waals surface area contributed by atoms with Crippen molar-refractivity contribution >= 4 is 17.9 Å². The van der Waals surface area contributed by atoms with Gasteiger partial charge in [0.1, 0.15) is 5.82 Å². The summed E-state index contributed by atoms with van der Waals surface area (Å²) in [6.45, 7) is 0. The first-order valence-corrected chi connectivity index (χ1v) is 4.11. The Morgan fingerprint density at radius 1 is 1.54 bits per heavy atom. The Kier molecular flexibility index (Phi) is 3.48. The first-order chi connectivity index (χ1) is 6.29. The molecular weight excluding hydrogens is 191 g/mol. The summed E-state index contributed by atoms with van der Waals surface area (Å²) < 4.78 is 12.9. The molecule has 0 heterocycles. The third-order valence-corrected chi connectivity index (χ3v) is 1.59. The predicted octanol–water partition coefficient (Wildman–Crippen LogP) is 2.23. The summed E-state index contributed by atoms with van der Waals surface area (Å²) in [4.78, 5) is 10.5. The molecule has 0 unspecified atom stereocenters. The van der Waals surface area contributed by atoms with E-state index in [4.69, 9.17) is 11.6 Å². The van der Waals surface area contributed by atoms with Gasteiger partial charge in [0.2, 0.25) is 0 Å². The number of halogens is 2. The minimum absolute atomic E-state index is 0.0138. The van der Waals surface area contributed by atoms with Crippen LogP contribution >= 0.6 is 11.6 Å². The smallest absolute Gasteiger partial charge is 0.154 e. The van der Waals surface area contributed by atoms with Crippen LogP contribution in [0.15, 0.2) is 18.2 Å². The molecule has 0 N–H and O–H groups in total. The van der Waals surface area contributed by atoms with Gasteiger partial charge in [-0.1, -0.05) is 17.9 Å². The van der Waals surface area contributed by atoms with E-state index >= 15 is 0 Å². The molecule has 1 aromatic rings. The van der Waals surface area contributed by atoms with Crippen LogP contribution in [-0.4, -0.2) is 12.2 Å². The molecule has 66 valence electrons. The van der Waals surface area contributed by atoms with E-state index in [-0.39, 0.29) is 11.4 Å². The molecule has 0 amide bonds. The predicted molar refractivity (Wildman–Crippen MR) is 49.4 cm³/mol. The quantitative estimate of drug-likeness (QED) is 0.383. The summed E-state index contributed by atoms with van der Waals surface area (Å²) >= 11 is 5.33. The highest BCUT2D eigenvalue weighted by atomic mass is 35.5. The summed E-state index contributed by atoms with van der Waals surface area (Å²) in [5, 5.41) is 0. The van der Waals surface area contributed by atoms with E-state index in [9.17, 15) is 9.18 Å². The van der Waals surface area contributed by atoms with E-state index < -0.39 is 5.82 Å². The highest BCUT2D eigenvalue weighted by Gasteiger charge is 2.03. The molecule has 3 heteroatoms. The maximum Gasteiger partial charge on any atom is 0.154 e. The molecule has 0 spiro atoms. The van der Waals surface area contributed by atoms with Crippen molar-refractivity contribution in [2.75, 3.05) is 5.88 Å². The second-order valence-corrected chi connectivity index (χ2v) is 2.52. The second-order valence-electron chi connectivity index (χ2n) is 2.25. The molecule has 1 aromatic carbocycles. The van der Waals surface area contributed by atoms with E-state index in [1.165, 1.54) is 12.1 Å². The Hall–Kier alpha value is -1.33. The van der Waals surface area contributed by atoms with Gasteiger partial charge in [-0.2, -0.15) is 0 Å². The maximum absolute atomic E-state index is 12.9. The molecule has 1 rings (SSSR count). The molecule has 0 bridgehead atoms. The van der Waals surface area contributed by atoms with Crippen molar-refractivity contribution in [2.45, 2.75) is 0 Å². The van der Waals surface area contributed by atoms with E-state index in [1.54, 1.807) is 6.07 Å². The van der Waals surface area contributed by atoms with Gasteiger partial charge in [-0.25, -0.2) is 4.39 Å². The summed E-state index contributed by atoms with van der Waals surface area (Å²) in [5.41, 5.74) is 0.357. The van der Waals surface area contributed by atoms with Crippen LogP contribution in [0.1, 0.15) is 15.9 Å². The van der Waals surface area contributed by atoms with E-state index in [0.717, 1.165) is 0 Å². The van der Waals surface area contributed by atoms with Crippen molar-refractivity contribution in [3.05, 3.63) is 35.1 Å². The molecule has 0 aliphatic rings. The summed E-state index contributed by atoms with van der Waals surface area (Å²) in [6, 6.07) is 4.29. The second kappa shape index (κ2) is 4.64.